The molecular weight excluding hydrogens is 259 g/mol. The molecule has 0 radical (unpaired) electrons. The molecule has 2 N–H and O–H groups in total. The van der Waals surface area contributed by atoms with Gasteiger partial charge in [0.25, 0.3) is 0 Å². The van der Waals surface area contributed by atoms with Crippen molar-refractivity contribution in [1.29, 1.82) is 0 Å². The number of hydrogen-bond donors (Lipinski definition) is 2. The van der Waals surface area contributed by atoms with Crippen LogP contribution in [0, 0.1) is 0 Å². The Morgan fingerprint density at radius 2 is 2.15 bits per heavy atom. The molecule has 0 spiro atoms. The second kappa shape index (κ2) is 5.83. The normalized spacial score (nSPS) is 17.8. The predicted octanol–water partition coefficient (Wildman–Crippen LogP) is 1.99. The summed E-state index contributed by atoms with van der Waals surface area (Å²) >= 11 is 8.96. The first kappa shape index (κ1) is 13.2. The SMILES string of the molecule is CC(Br)(C(=O)O)C(Cl)CCCCO. The third kappa shape index (κ3) is 4.29. The first-order valence-electron chi connectivity index (χ1n) is 4.10. The topological polar surface area (TPSA) is 57.5 Å². The van der Waals surface area contributed by atoms with Crippen molar-refractivity contribution >= 4 is 33.5 Å². The molecular formula is C8H14BrClO3. The van der Waals surface area contributed by atoms with Gasteiger partial charge in [0.15, 0.2) is 0 Å². The minimum absolute atomic E-state index is 0.121. The van der Waals surface area contributed by atoms with E-state index in [1.54, 1.807) is 0 Å². The van der Waals surface area contributed by atoms with Crippen LogP contribution >= 0.6 is 27.5 Å². The summed E-state index contributed by atoms with van der Waals surface area (Å²) in [6.45, 7) is 1.65. The largest absolute Gasteiger partial charge is 0.480 e. The molecule has 0 fully saturated rings. The van der Waals surface area contributed by atoms with Crippen LogP contribution in [0.3, 0.4) is 0 Å². The fourth-order valence-electron chi connectivity index (χ4n) is 0.840. The molecule has 0 heterocycles. The Kier molecular flexibility index (Phi) is 5.92. The molecule has 3 nitrogen and oxygen atoms in total. The van der Waals surface area contributed by atoms with Gasteiger partial charge >= 0.3 is 5.97 Å². The van der Waals surface area contributed by atoms with E-state index in [0.29, 0.717) is 12.8 Å². The lowest BCUT2D eigenvalue weighted by molar-refractivity contribution is -0.139. The van der Waals surface area contributed by atoms with Gasteiger partial charge in [-0.1, -0.05) is 15.9 Å². The van der Waals surface area contributed by atoms with Crippen molar-refractivity contribution in [2.24, 2.45) is 0 Å². The maximum Gasteiger partial charge on any atom is 0.321 e. The number of hydrogen-bond acceptors (Lipinski definition) is 2. The summed E-state index contributed by atoms with van der Waals surface area (Å²) in [5, 5.41) is 16.8. The Balaban J connectivity index is 3.94. The molecule has 0 amide bonds. The monoisotopic (exact) mass is 272 g/mol. The number of carboxylic acids is 1. The van der Waals surface area contributed by atoms with E-state index in [-0.39, 0.29) is 6.61 Å². The molecule has 0 saturated carbocycles. The van der Waals surface area contributed by atoms with Crippen LogP contribution in [0.25, 0.3) is 0 Å². The number of unbranched alkanes of at least 4 members (excludes halogenated alkanes) is 1. The highest BCUT2D eigenvalue weighted by Crippen LogP contribution is 2.30. The third-order valence-electron chi connectivity index (χ3n) is 1.87. The Morgan fingerprint density at radius 3 is 2.54 bits per heavy atom. The van der Waals surface area contributed by atoms with Gasteiger partial charge in [-0.3, -0.25) is 4.79 Å². The summed E-state index contributed by atoms with van der Waals surface area (Å²) in [6, 6.07) is 0. The van der Waals surface area contributed by atoms with Crippen molar-refractivity contribution in [3.8, 4) is 0 Å². The lowest BCUT2D eigenvalue weighted by atomic mass is 10.0. The number of aliphatic hydroxyl groups is 1. The van der Waals surface area contributed by atoms with E-state index >= 15 is 0 Å². The second-order valence-corrected chi connectivity index (χ2v) is 5.24. The van der Waals surface area contributed by atoms with Gasteiger partial charge in [-0.2, -0.15) is 0 Å². The summed E-state index contributed by atoms with van der Waals surface area (Å²) in [4.78, 5) is 10.7. The third-order valence-corrected chi connectivity index (χ3v) is 3.68. The molecule has 5 heteroatoms. The Hall–Kier alpha value is 0.200. The maximum absolute atomic E-state index is 10.7. The van der Waals surface area contributed by atoms with E-state index in [1.807, 2.05) is 0 Å². The Bertz CT molecular complexity index is 173. The zero-order valence-corrected chi connectivity index (χ0v) is 9.81. The Morgan fingerprint density at radius 1 is 1.62 bits per heavy atom. The van der Waals surface area contributed by atoms with Gasteiger partial charge in [-0.15, -0.1) is 11.6 Å². The van der Waals surface area contributed by atoms with Crippen molar-refractivity contribution < 1.29 is 15.0 Å². The minimum atomic E-state index is -1.08. The van der Waals surface area contributed by atoms with Crippen molar-refractivity contribution in [1.82, 2.24) is 0 Å². The second-order valence-electron chi connectivity index (χ2n) is 3.07. The zero-order chi connectivity index (χ0) is 10.5. The maximum atomic E-state index is 10.7. The highest BCUT2D eigenvalue weighted by atomic mass is 79.9. The smallest absolute Gasteiger partial charge is 0.321 e. The van der Waals surface area contributed by atoms with E-state index in [9.17, 15) is 4.79 Å². The fraction of sp³-hybridized carbons (Fsp3) is 0.875. The number of alkyl halides is 2. The summed E-state index contributed by atoms with van der Waals surface area (Å²) < 4.78 is -1.08. The lowest BCUT2D eigenvalue weighted by Crippen LogP contribution is -2.37. The van der Waals surface area contributed by atoms with E-state index in [1.165, 1.54) is 6.92 Å². The van der Waals surface area contributed by atoms with Crippen LogP contribution in [0.5, 0.6) is 0 Å². The molecule has 0 rings (SSSR count). The van der Waals surface area contributed by atoms with Gasteiger partial charge in [0.1, 0.15) is 4.32 Å². The van der Waals surface area contributed by atoms with E-state index in [4.69, 9.17) is 21.8 Å². The van der Waals surface area contributed by atoms with Gasteiger partial charge in [0.2, 0.25) is 0 Å². The highest BCUT2D eigenvalue weighted by Gasteiger charge is 2.37. The average molecular weight is 274 g/mol. The molecule has 0 aromatic rings. The molecule has 0 aromatic heterocycles. The van der Waals surface area contributed by atoms with Gasteiger partial charge in [-0.25, -0.2) is 0 Å². The standard InChI is InChI=1S/C8H14BrClO3/c1-8(9,7(12)13)6(10)4-2-3-5-11/h6,11H,2-5H2,1H3,(H,12,13). The number of halogens is 2. The van der Waals surface area contributed by atoms with Crippen molar-refractivity contribution in [3.63, 3.8) is 0 Å². The van der Waals surface area contributed by atoms with E-state index in [0.717, 1.165) is 6.42 Å². The van der Waals surface area contributed by atoms with E-state index in [2.05, 4.69) is 15.9 Å². The van der Waals surface area contributed by atoms with Gasteiger partial charge in [0, 0.05) is 6.61 Å². The molecule has 13 heavy (non-hydrogen) atoms. The van der Waals surface area contributed by atoms with Crippen molar-refractivity contribution in [2.75, 3.05) is 6.61 Å². The fourth-order valence-corrected chi connectivity index (χ4v) is 1.32. The molecule has 0 aliphatic heterocycles. The van der Waals surface area contributed by atoms with Crippen LogP contribution in [0.15, 0.2) is 0 Å². The van der Waals surface area contributed by atoms with Crippen LogP contribution in [-0.4, -0.2) is 32.5 Å². The van der Waals surface area contributed by atoms with Crippen molar-refractivity contribution in [3.05, 3.63) is 0 Å². The number of carboxylic acid groups (broad SMARTS) is 1. The van der Waals surface area contributed by atoms with Gasteiger partial charge in [-0.05, 0) is 26.2 Å². The van der Waals surface area contributed by atoms with Crippen LogP contribution < -0.4 is 0 Å². The molecule has 2 atom stereocenters. The number of carbonyl (C=O) groups is 1. The van der Waals surface area contributed by atoms with Crippen LogP contribution in [0.2, 0.25) is 0 Å². The molecule has 0 aliphatic rings. The number of aliphatic carboxylic acids is 1. The highest BCUT2D eigenvalue weighted by molar-refractivity contribution is 9.10. The Labute approximate surface area is 91.2 Å². The van der Waals surface area contributed by atoms with Crippen LogP contribution in [-0.2, 0) is 4.79 Å². The molecule has 0 aromatic carbocycles. The number of aliphatic hydroxyl groups excluding tert-OH is 1. The van der Waals surface area contributed by atoms with Gasteiger partial charge < -0.3 is 10.2 Å². The molecule has 78 valence electrons. The summed E-state index contributed by atoms with van der Waals surface area (Å²) in [7, 11) is 0. The quantitative estimate of drug-likeness (QED) is 0.575. The van der Waals surface area contributed by atoms with E-state index < -0.39 is 15.7 Å². The lowest BCUT2D eigenvalue weighted by Gasteiger charge is -2.22. The van der Waals surface area contributed by atoms with Crippen LogP contribution in [0.4, 0.5) is 0 Å². The predicted molar refractivity (Wildman–Crippen MR) is 55.5 cm³/mol. The summed E-state index contributed by atoms with van der Waals surface area (Å²) in [6.07, 6.45) is 1.97. The molecule has 2 unspecified atom stereocenters. The molecule has 0 saturated heterocycles. The van der Waals surface area contributed by atoms with Gasteiger partial charge in [0.05, 0.1) is 5.38 Å². The van der Waals surface area contributed by atoms with Crippen molar-refractivity contribution in [2.45, 2.75) is 35.9 Å². The first-order chi connectivity index (χ1) is 5.92. The number of rotatable bonds is 6. The zero-order valence-electron chi connectivity index (χ0n) is 7.46. The summed E-state index contributed by atoms with van der Waals surface area (Å²) in [5.41, 5.74) is 0. The summed E-state index contributed by atoms with van der Waals surface area (Å²) in [5.74, 6) is -0.962. The average Bonchev–Trinajstić information content (AvgIpc) is 2.04. The van der Waals surface area contributed by atoms with Crippen LogP contribution in [0.1, 0.15) is 26.2 Å². The molecule has 0 aliphatic carbocycles. The first-order valence-corrected chi connectivity index (χ1v) is 5.33. The minimum Gasteiger partial charge on any atom is -0.480 e. The molecule has 0 bridgehead atoms.